The van der Waals surface area contributed by atoms with Crippen LogP contribution >= 0.6 is 0 Å². The van der Waals surface area contributed by atoms with Crippen LogP contribution in [0.2, 0.25) is 0 Å². The predicted molar refractivity (Wildman–Crippen MR) is 67.3 cm³/mol. The van der Waals surface area contributed by atoms with Gasteiger partial charge in [0.1, 0.15) is 0 Å². The zero-order valence-electron chi connectivity index (χ0n) is 10.4. The first-order valence-electron chi connectivity index (χ1n) is 6.24. The van der Waals surface area contributed by atoms with Crippen LogP contribution in [0.5, 0.6) is 0 Å². The normalized spacial score (nSPS) is 16.0. The Labute approximate surface area is 106 Å². The van der Waals surface area contributed by atoms with Crippen molar-refractivity contribution < 1.29 is 14.7 Å². The number of hydrogen-bond donors (Lipinski definition) is 1. The van der Waals surface area contributed by atoms with Crippen LogP contribution in [-0.2, 0) is 0 Å². The number of carbonyl (C=O) groups excluding carboxylic acids is 2. The second-order valence-electron chi connectivity index (χ2n) is 4.59. The second kappa shape index (κ2) is 5.31. The Morgan fingerprint density at radius 2 is 1.67 bits per heavy atom. The molecule has 4 nitrogen and oxygen atoms in total. The minimum atomic E-state index is -0.202. The predicted octanol–water partition coefficient (Wildman–Crippen LogP) is 1.83. The van der Waals surface area contributed by atoms with Crippen LogP contribution in [0.1, 0.15) is 46.9 Å². The van der Waals surface area contributed by atoms with Crippen molar-refractivity contribution in [1.82, 2.24) is 4.90 Å². The lowest BCUT2D eigenvalue weighted by Crippen LogP contribution is -2.37. The van der Waals surface area contributed by atoms with Crippen LogP contribution in [-0.4, -0.2) is 34.5 Å². The Balaban J connectivity index is 2.13. The van der Waals surface area contributed by atoms with Gasteiger partial charge in [0, 0.05) is 12.6 Å². The minimum absolute atomic E-state index is 0.121. The highest BCUT2D eigenvalue weighted by Gasteiger charge is 2.37. The third-order valence-corrected chi connectivity index (χ3v) is 3.30. The van der Waals surface area contributed by atoms with Gasteiger partial charge in [-0.05, 0) is 38.3 Å². The quantitative estimate of drug-likeness (QED) is 0.638. The summed E-state index contributed by atoms with van der Waals surface area (Å²) in [5.41, 5.74) is 0.994. The lowest BCUT2D eigenvalue weighted by atomic mass is 10.1. The van der Waals surface area contributed by atoms with Crippen molar-refractivity contribution in [3.05, 3.63) is 35.4 Å². The van der Waals surface area contributed by atoms with Crippen LogP contribution < -0.4 is 0 Å². The van der Waals surface area contributed by atoms with Gasteiger partial charge in [-0.25, -0.2) is 0 Å². The Morgan fingerprint density at radius 1 is 1.11 bits per heavy atom. The van der Waals surface area contributed by atoms with Gasteiger partial charge < -0.3 is 5.11 Å². The molecule has 0 aliphatic carbocycles. The Kier molecular flexibility index (Phi) is 3.77. The third-order valence-electron chi connectivity index (χ3n) is 3.30. The highest BCUT2D eigenvalue weighted by atomic mass is 16.3. The van der Waals surface area contributed by atoms with E-state index in [0.29, 0.717) is 17.5 Å². The van der Waals surface area contributed by atoms with Crippen molar-refractivity contribution in [3.8, 4) is 0 Å². The third kappa shape index (κ3) is 2.16. The maximum absolute atomic E-state index is 12.1. The van der Waals surface area contributed by atoms with Crippen molar-refractivity contribution in [1.29, 1.82) is 0 Å². The summed E-state index contributed by atoms with van der Waals surface area (Å²) in [5.74, 6) is -0.404. The summed E-state index contributed by atoms with van der Waals surface area (Å²) < 4.78 is 0. The largest absolute Gasteiger partial charge is 0.396 e. The number of aliphatic hydroxyl groups excluding tert-OH is 1. The van der Waals surface area contributed by atoms with Gasteiger partial charge in [0.05, 0.1) is 11.1 Å². The topological polar surface area (TPSA) is 57.6 Å². The molecule has 96 valence electrons. The Morgan fingerprint density at radius 3 is 2.17 bits per heavy atom. The van der Waals surface area contributed by atoms with Gasteiger partial charge in [0.2, 0.25) is 0 Å². The Bertz CT molecular complexity index is 435. The number of unbranched alkanes of at least 4 members (excludes halogenated alkanes) is 1. The molecule has 1 aliphatic heterocycles. The summed E-state index contributed by atoms with van der Waals surface area (Å²) >= 11 is 0. The molecule has 0 spiro atoms. The first kappa shape index (κ1) is 12.8. The molecule has 0 radical (unpaired) electrons. The summed E-state index contributed by atoms with van der Waals surface area (Å²) in [5, 5.41) is 8.74. The summed E-state index contributed by atoms with van der Waals surface area (Å²) in [4.78, 5) is 25.6. The fourth-order valence-electron chi connectivity index (χ4n) is 2.29. The van der Waals surface area contributed by atoms with E-state index in [4.69, 9.17) is 5.11 Å². The zero-order chi connectivity index (χ0) is 13.1. The molecule has 4 heteroatoms. The summed E-state index contributed by atoms with van der Waals surface area (Å²) in [6.45, 7) is 2.02. The van der Waals surface area contributed by atoms with Crippen molar-refractivity contribution in [2.45, 2.75) is 32.2 Å². The Hall–Kier alpha value is -1.68. The van der Waals surface area contributed by atoms with Gasteiger partial charge >= 0.3 is 0 Å². The van der Waals surface area contributed by atoms with Gasteiger partial charge in [-0.3, -0.25) is 14.5 Å². The van der Waals surface area contributed by atoms with E-state index in [1.54, 1.807) is 24.3 Å². The second-order valence-corrected chi connectivity index (χ2v) is 4.59. The number of hydrogen-bond acceptors (Lipinski definition) is 3. The molecule has 0 saturated heterocycles. The number of fused-ring (bicyclic) bond motifs is 1. The first-order valence-corrected chi connectivity index (χ1v) is 6.24. The maximum Gasteiger partial charge on any atom is 0.261 e. The van der Waals surface area contributed by atoms with E-state index in [-0.39, 0.29) is 24.5 Å². The SMILES string of the molecule is C[C@H](CCCCO)N1C(=O)c2ccccc2C1=O. The summed E-state index contributed by atoms with van der Waals surface area (Å²) in [6.07, 6.45) is 2.24. The monoisotopic (exact) mass is 247 g/mol. The van der Waals surface area contributed by atoms with Gasteiger partial charge in [0.15, 0.2) is 0 Å². The molecule has 1 atom stereocenters. The summed E-state index contributed by atoms with van der Waals surface area (Å²) in [7, 11) is 0. The van der Waals surface area contributed by atoms with Gasteiger partial charge in [-0.1, -0.05) is 12.1 Å². The molecule has 0 bridgehead atoms. The van der Waals surface area contributed by atoms with Crippen LogP contribution in [0.4, 0.5) is 0 Å². The van der Waals surface area contributed by atoms with Crippen LogP contribution in [0.25, 0.3) is 0 Å². The fraction of sp³-hybridized carbons (Fsp3) is 0.429. The van der Waals surface area contributed by atoms with E-state index in [2.05, 4.69) is 0 Å². The molecule has 1 aromatic carbocycles. The van der Waals surface area contributed by atoms with E-state index < -0.39 is 0 Å². The average Bonchev–Trinajstić information content (AvgIpc) is 2.63. The number of amides is 2. The van der Waals surface area contributed by atoms with Gasteiger partial charge in [-0.2, -0.15) is 0 Å². The fourth-order valence-corrected chi connectivity index (χ4v) is 2.29. The van der Waals surface area contributed by atoms with E-state index >= 15 is 0 Å². The molecule has 2 amide bonds. The van der Waals surface area contributed by atoms with Crippen LogP contribution in [0.15, 0.2) is 24.3 Å². The highest BCUT2D eigenvalue weighted by Crippen LogP contribution is 2.25. The van der Waals surface area contributed by atoms with E-state index in [1.807, 2.05) is 6.92 Å². The molecule has 0 fully saturated rings. The molecule has 1 aliphatic rings. The smallest absolute Gasteiger partial charge is 0.261 e. The number of imide groups is 1. The molecular weight excluding hydrogens is 230 g/mol. The van der Waals surface area contributed by atoms with Crippen molar-refractivity contribution >= 4 is 11.8 Å². The number of aliphatic hydroxyl groups is 1. The number of benzene rings is 1. The van der Waals surface area contributed by atoms with Crippen LogP contribution in [0, 0.1) is 0 Å². The van der Waals surface area contributed by atoms with Gasteiger partial charge in [-0.15, -0.1) is 0 Å². The molecular formula is C14H17NO3. The summed E-state index contributed by atoms with van der Waals surface area (Å²) in [6, 6.07) is 6.80. The molecule has 2 rings (SSSR count). The van der Waals surface area contributed by atoms with Crippen molar-refractivity contribution in [2.24, 2.45) is 0 Å². The number of carbonyl (C=O) groups is 2. The van der Waals surface area contributed by atoms with E-state index in [9.17, 15) is 9.59 Å². The van der Waals surface area contributed by atoms with E-state index in [0.717, 1.165) is 12.8 Å². The molecule has 1 aromatic rings. The molecule has 18 heavy (non-hydrogen) atoms. The molecule has 0 saturated carbocycles. The lowest BCUT2D eigenvalue weighted by molar-refractivity contribution is 0.0587. The zero-order valence-corrected chi connectivity index (χ0v) is 10.4. The maximum atomic E-state index is 12.1. The molecule has 0 aromatic heterocycles. The molecule has 0 unspecified atom stereocenters. The van der Waals surface area contributed by atoms with Crippen LogP contribution in [0.3, 0.4) is 0 Å². The number of rotatable bonds is 5. The molecule has 1 N–H and O–H groups in total. The standard InChI is InChI=1S/C14H17NO3/c1-10(6-4-5-9-16)15-13(17)11-7-2-3-8-12(11)14(15)18/h2-3,7-8,10,16H,4-6,9H2,1H3/t10-/m1/s1. The average molecular weight is 247 g/mol. The lowest BCUT2D eigenvalue weighted by Gasteiger charge is -2.22. The minimum Gasteiger partial charge on any atom is -0.396 e. The van der Waals surface area contributed by atoms with Crippen molar-refractivity contribution in [3.63, 3.8) is 0 Å². The van der Waals surface area contributed by atoms with Crippen molar-refractivity contribution in [2.75, 3.05) is 6.61 Å². The van der Waals surface area contributed by atoms with Gasteiger partial charge in [0.25, 0.3) is 11.8 Å². The van der Waals surface area contributed by atoms with E-state index in [1.165, 1.54) is 4.90 Å². The first-order chi connectivity index (χ1) is 8.66. The molecule has 1 heterocycles. The number of nitrogens with zero attached hydrogens (tertiary/aromatic N) is 1. The highest BCUT2D eigenvalue weighted by molar-refractivity contribution is 6.21.